The Kier molecular flexibility index (Phi) is 14.7. The summed E-state index contributed by atoms with van der Waals surface area (Å²) in [5, 5.41) is 0. The SMILES string of the molecule is COCCC(C)CCOC(=O)CCCCC(=O)OCCCC(C)C. The van der Waals surface area contributed by atoms with Crippen LogP contribution >= 0.6 is 0 Å². The molecule has 0 aromatic carbocycles. The average molecular weight is 344 g/mol. The van der Waals surface area contributed by atoms with Gasteiger partial charge in [0, 0.05) is 26.6 Å². The summed E-state index contributed by atoms with van der Waals surface area (Å²) in [6, 6.07) is 0. The van der Waals surface area contributed by atoms with E-state index in [-0.39, 0.29) is 11.9 Å². The minimum atomic E-state index is -0.181. The fraction of sp³-hybridized carbons (Fsp3) is 0.895. The Balaban J connectivity index is 3.46. The number of hydrogen-bond acceptors (Lipinski definition) is 5. The number of carbonyl (C=O) groups excluding carboxylic acids is 2. The molecule has 0 rings (SSSR count). The van der Waals surface area contributed by atoms with E-state index in [9.17, 15) is 9.59 Å². The molecular formula is C19H36O5. The zero-order valence-corrected chi connectivity index (χ0v) is 16.0. The Labute approximate surface area is 147 Å². The third-order valence-electron chi connectivity index (χ3n) is 3.89. The van der Waals surface area contributed by atoms with E-state index in [0.29, 0.717) is 50.7 Å². The van der Waals surface area contributed by atoms with Crippen LogP contribution in [0.15, 0.2) is 0 Å². The maximum Gasteiger partial charge on any atom is 0.305 e. The third-order valence-corrected chi connectivity index (χ3v) is 3.89. The predicted octanol–water partition coefficient (Wildman–Crippen LogP) is 4.13. The van der Waals surface area contributed by atoms with Gasteiger partial charge in [-0.25, -0.2) is 0 Å². The molecule has 0 aliphatic carbocycles. The number of carbonyl (C=O) groups is 2. The van der Waals surface area contributed by atoms with Gasteiger partial charge in [-0.2, -0.15) is 0 Å². The lowest BCUT2D eigenvalue weighted by atomic mass is 10.1. The Bertz CT molecular complexity index is 328. The van der Waals surface area contributed by atoms with Crippen molar-refractivity contribution in [3.63, 3.8) is 0 Å². The molecule has 0 heterocycles. The van der Waals surface area contributed by atoms with Crippen LogP contribution in [0.25, 0.3) is 0 Å². The van der Waals surface area contributed by atoms with Gasteiger partial charge in [0.1, 0.15) is 0 Å². The van der Waals surface area contributed by atoms with Crippen LogP contribution in [0.5, 0.6) is 0 Å². The van der Waals surface area contributed by atoms with E-state index >= 15 is 0 Å². The van der Waals surface area contributed by atoms with Gasteiger partial charge < -0.3 is 14.2 Å². The molecule has 0 aromatic rings. The zero-order valence-electron chi connectivity index (χ0n) is 16.0. The molecule has 0 fully saturated rings. The summed E-state index contributed by atoms with van der Waals surface area (Å²) in [4.78, 5) is 23.1. The number of esters is 2. The van der Waals surface area contributed by atoms with Gasteiger partial charge in [-0.15, -0.1) is 0 Å². The molecule has 0 saturated carbocycles. The quantitative estimate of drug-likeness (QED) is 0.330. The van der Waals surface area contributed by atoms with Crippen LogP contribution < -0.4 is 0 Å². The summed E-state index contributed by atoms with van der Waals surface area (Å²) < 4.78 is 15.4. The highest BCUT2D eigenvalue weighted by Gasteiger charge is 2.08. The minimum absolute atomic E-state index is 0.168. The summed E-state index contributed by atoms with van der Waals surface area (Å²) >= 11 is 0. The zero-order chi connectivity index (χ0) is 18.2. The second-order valence-electron chi connectivity index (χ2n) is 6.86. The molecule has 24 heavy (non-hydrogen) atoms. The smallest absolute Gasteiger partial charge is 0.305 e. The second-order valence-corrected chi connectivity index (χ2v) is 6.86. The number of methoxy groups -OCH3 is 1. The summed E-state index contributed by atoms with van der Waals surface area (Å²) in [7, 11) is 1.69. The molecule has 0 aliphatic rings. The molecule has 0 N–H and O–H groups in total. The van der Waals surface area contributed by atoms with Crippen molar-refractivity contribution in [2.45, 2.75) is 72.1 Å². The Hall–Kier alpha value is -1.10. The van der Waals surface area contributed by atoms with Crippen molar-refractivity contribution in [1.82, 2.24) is 0 Å². The number of hydrogen-bond donors (Lipinski definition) is 0. The lowest BCUT2D eigenvalue weighted by Crippen LogP contribution is -2.10. The molecule has 0 bridgehead atoms. The summed E-state index contributed by atoms with van der Waals surface area (Å²) in [6.45, 7) is 8.13. The molecule has 0 aromatic heterocycles. The first kappa shape index (κ1) is 22.9. The first-order chi connectivity index (χ1) is 11.5. The Morgan fingerprint density at radius 1 is 0.750 bits per heavy atom. The second kappa shape index (κ2) is 15.4. The van der Waals surface area contributed by atoms with Crippen molar-refractivity contribution >= 4 is 11.9 Å². The van der Waals surface area contributed by atoms with Gasteiger partial charge in [-0.1, -0.05) is 20.8 Å². The lowest BCUT2D eigenvalue weighted by molar-refractivity contribution is -0.146. The molecule has 5 heteroatoms. The van der Waals surface area contributed by atoms with Crippen LogP contribution in [0, 0.1) is 11.8 Å². The van der Waals surface area contributed by atoms with Gasteiger partial charge in [-0.05, 0) is 50.4 Å². The van der Waals surface area contributed by atoms with Crippen molar-refractivity contribution in [1.29, 1.82) is 0 Å². The number of unbranched alkanes of at least 4 members (excludes halogenated alkanes) is 1. The molecule has 1 atom stereocenters. The molecule has 0 saturated heterocycles. The fourth-order valence-corrected chi connectivity index (χ4v) is 2.20. The van der Waals surface area contributed by atoms with Crippen LogP contribution in [-0.2, 0) is 23.8 Å². The largest absolute Gasteiger partial charge is 0.466 e. The molecule has 1 unspecified atom stereocenters. The van der Waals surface area contributed by atoms with E-state index in [1.165, 1.54) is 0 Å². The first-order valence-electron chi connectivity index (χ1n) is 9.25. The standard InChI is InChI=1S/C19H36O5/c1-16(2)8-7-13-23-18(20)9-5-6-10-19(21)24-15-12-17(3)11-14-22-4/h16-17H,5-15H2,1-4H3. The normalized spacial score (nSPS) is 12.2. The topological polar surface area (TPSA) is 61.8 Å². The molecular weight excluding hydrogens is 308 g/mol. The predicted molar refractivity (Wildman–Crippen MR) is 94.7 cm³/mol. The number of ether oxygens (including phenoxy) is 3. The lowest BCUT2D eigenvalue weighted by Gasteiger charge is -2.11. The van der Waals surface area contributed by atoms with Crippen molar-refractivity contribution in [2.24, 2.45) is 11.8 Å². The Morgan fingerprint density at radius 2 is 1.29 bits per heavy atom. The number of rotatable bonds is 15. The van der Waals surface area contributed by atoms with Crippen molar-refractivity contribution < 1.29 is 23.8 Å². The first-order valence-corrected chi connectivity index (χ1v) is 9.25. The summed E-state index contributed by atoms with van der Waals surface area (Å²) in [6.07, 6.45) is 5.91. The van der Waals surface area contributed by atoms with Gasteiger partial charge in [0.25, 0.3) is 0 Å². The fourth-order valence-electron chi connectivity index (χ4n) is 2.20. The van der Waals surface area contributed by atoms with Gasteiger partial charge in [-0.3, -0.25) is 9.59 Å². The maximum atomic E-state index is 11.6. The van der Waals surface area contributed by atoms with E-state index in [4.69, 9.17) is 14.2 Å². The molecule has 142 valence electrons. The monoisotopic (exact) mass is 344 g/mol. The van der Waals surface area contributed by atoms with Crippen LogP contribution in [0.2, 0.25) is 0 Å². The van der Waals surface area contributed by atoms with E-state index in [0.717, 1.165) is 32.3 Å². The highest BCUT2D eigenvalue weighted by atomic mass is 16.5. The van der Waals surface area contributed by atoms with E-state index < -0.39 is 0 Å². The van der Waals surface area contributed by atoms with Crippen molar-refractivity contribution in [2.75, 3.05) is 26.9 Å². The van der Waals surface area contributed by atoms with Crippen LogP contribution in [0.1, 0.15) is 72.1 Å². The van der Waals surface area contributed by atoms with Crippen molar-refractivity contribution in [3.05, 3.63) is 0 Å². The Morgan fingerprint density at radius 3 is 1.83 bits per heavy atom. The molecule has 0 spiro atoms. The van der Waals surface area contributed by atoms with Gasteiger partial charge in [0.05, 0.1) is 13.2 Å². The highest BCUT2D eigenvalue weighted by molar-refractivity contribution is 5.70. The molecule has 5 nitrogen and oxygen atoms in total. The minimum Gasteiger partial charge on any atom is -0.466 e. The van der Waals surface area contributed by atoms with Crippen LogP contribution in [0.4, 0.5) is 0 Å². The van der Waals surface area contributed by atoms with E-state index in [1.807, 2.05) is 0 Å². The highest BCUT2D eigenvalue weighted by Crippen LogP contribution is 2.09. The van der Waals surface area contributed by atoms with Gasteiger partial charge in [0.15, 0.2) is 0 Å². The van der Waals surface area contributed by atoms with E-state index in [2.05, 4.69) is 20.8 Å². The van der Waals surface area contributed by atoms with Gasteiger partial charge >= 0.3 is 11.9 Å². The molecule has 0 amide bonds. The van der Waals surface area contributed by atoms with Crippen LogP contribution in [-0.4, -0.2) is 38.9 Å². The van der Waals surface area contributed by atoms with E-state index in [1.54, 1.807) is 7.11 Å². The van der Waals surface area contributed by atoms with Gasteiger partial charge in [0.2, 0.25) is 0 Å². The average Bonchev–Trinajstić information content (AvgIpc) is 2.53. The molecule has 0 aliphatic heterocycles. The third kappa shape index (κ3) is 15.8. The van der Waals surface area contributed by atoms with Crippen molar-refractivity contribution in [3.8, 4) is 0 Å². The van der Waals surface area contributed by atoms with Crippen LogP contribution in [0.3, 0.4) is 0 Å². The summed E-state index contributed by atoms with van der Waals surface area (Å²) in [5.41, 5.74) is 0. The molecule has 0 radical (unpaired) electrons. The summed E-state index contributed by atoms with van der Waals surface area (Å²) in [5.74, 6) is 0.777. The maximum absolute atomic E-state index is 11.6.